The topological polar surface area (TPSA) is 60.6 Å². The highest BCUT2D eigenvalue weighted by Crippen LogP contribution is 2.30. The van der Waals surface area contributed by atoms with Crippen LogP contribution in [0.5, 0.6) is 0 Å². The lowest BCUT2D eigenvalue weighted by Gasteiger charge is -2.37. The zero-order valence-electron chi connectivity index (χ0n) is 10.7. The summed E-state index contributed by atoms with van der Waals surface area (Å²) in [4.78, 5) is 6.60. The van der Waals surface area contributed by atoms with Crippen LogP contribution in [-0.2, 0) is 22.4 Å². The lowest BCUT2D eigenvalue weighted by Crippen LogP contribution is -2.48. The Balaban J connectivity index is 1.62. The molecular formula is C12H19N3O3. The molecular weight excluding hydrogens is 234 g/mol. The zero-order chi connectivity index (χ0) is 12.4. The largest absolute Gasteiger partial charge is 0.346 e. The van der Waals surface area contributed by atoms with E-state index in [0.29, 0.717) is 25.6 Å². The molecule has 0 aromatic carbocycles. The first kappa shape index (κ1) is 12.1. The van der Waals surface area contributed by atoms with Crippen LogP contribution in [0.4, 0.5) is 0 Å². The summed E-state index contributed by atoms with van der Waals surface area (Å²) >= 11 is 0. The van der Waals surface area contributed by atoms with Crippen molar-refractivity contribution < 1.29 is 14.0 Å². The Kier molecular flexibility index (Phi) is 3.32. The zero-order valence-corrected chi connectivity index (χ0v) is 10.7. The van der Waals surface area contributed by atoms with Gasteiger partial charge in [-0.05, 0) is 13.0 Å². The van der Waals surface area contributed by atoms with Gasteiger partial charge in [-0.3, -0.25) is 4.90 Å². The van der Waals surface area contributed by atoms with Crippen LogP contribution in [0, 0.1) is 0 Å². The average Bonchev–Trinajstić information content (AvgIpc) is 2.99. The van der Waals surface area contributed by atoms with E-state index in [-0.39, 0.29) is 5.79 Å². The molecule has 0 atom stereocenters. The number of aromatic nitrogens is 2. The molecule has 2 aliphatic heterocycles. The van der Waals surface area contributed by atoms with Crippen LogP contribution in [0.25, 0.3) is 0 Å². The first-order chi connectivity index (χ1) is 8.80. The number of ether oxygens (including phenoxy) is 2. The Hall–Kier alpha value is -0.980. The van der Waals surface area contributed by atoms with Gasteiger partial charge in [0, 0.05) is 12.8 Å². The van der Waals surface area contributed by atoms with Crippen LogP contribution in [0.15, 0.2) is 4.52 Å². The number of hydrogen-bond acceptors (Lipinski definition) is 6. The third kappa shape index (κ3) is 2.41. The second-order valence-corrected chi connectivity index (χ2v) is 4.88. The third-order valence-corrected chi connectivity index (χ3v) is 3.50. The predicted octanol–water partition coefficient (Wildman–Crippen LogP) is 0.971. The van der Waals surface area contributed by atoms with Gasteiger partial charge in [0.05, 0.1) is 26.3 Å². The minimum atomic E-state index is -0.383. The van der Waals surface area contributed by atoms with Gasteiger partial charge in [-0.1, -0.05) is 12.1 Å². The summed E-state index contributed by atoms with van der Waals surface area (Å²) in [5, 5.41) is 3.91. The number of likely N-dealkylation sites (tertiary alicyclic amines) is 1. The van der Waals surface area contributed by atoms with E-state index < -0.39 is 0 Å². The number of nitrogens with zero attached hydrogens (tertiary/aromatic N) is 3. The number of rotatable bonds is 3. The van der Waals surface area contributed by atoms with Crippen LogP contribution >= 0.6 is 0 Å². The van der Waals surface area contributed by atoms with Gasteiger partial charge < -0.3 is 14.0 Å². The van der Waals surface area contributed by atoms with Gasteiger partial charge in [0.1, 0.15) is 0 Å². The Bertz CT molecular complexity index is 401. The molecule has 1 aromatic rings. The summed E-state index contributed by atoms with van der Waals surface area (Å²) in [7, 11) is 0. The second-order valence-electron chi connectivity index (χ2n) is 4.88. The smallest absolute Gasteiger partial charge is 0.240 e. The van der Waals surface area contributed by atoms with E-state index >= 15 is 0 Å². The number of aryl methyl sites for hydroxylation is 1. The Morgan fingerprint density at radius 2 is 2.17 bits per heavy atom. The SMILES string of the molecule is CCc1noc(CN2CCCC3(C2)OCCO3)n1. The van der Waals surface area contributed by atoms with Gasteiger partial charge in [0.15, 0.2) is 11.6 Å². The van der Waals surface area contributed by atoms with Gasteiger partial charge in [-0.15, -0.1) is 0 Å². The molecule has 2 fully saturated rings. The normalized spacial score (nSPS) is 23.8. The lowest BCUT2D eigenvalue weighted by molar-refractivity contribution is -0.190. The van der Waals surface area contributed by atoms with E-state index in [1.54, 1.807) is 0 Å². The van der Waals surface area contributed by atoms with Gasteiger partial charge in [-0.25, -0.2) is 0 Å². The maximum Gasteiger partial charge on any atom is 0.240 e. The van der Waals surface area contributed by atoms with Crippen molar-refractivity contribution >= 4 is 0 Å². The molecule has 3 heterocycles. The number of piperidine rings is 1. The Labute approximate surface area is 106 Å². The maximum atomic E-state index is 5.75. The minimum Gasteiger partial charge on any atom is -0.346 e. The van der Waals surface area contributed by atoms with E-state index in [1.807, 2.05) is 6.92 Å². The van der Waals surface area contributed by atoms with Gasteiger partial charge in [0.25, 0.3) is 0 Å². The Morgan fingerprint density at radius 3 is 2.89 bits per heavy atom. The van der Waals surface area contributed by atoms with E-state index in [1.165, 1.54) is 0 Å². The monoisotopic (exact) mass is 253 g/mol. The molecule has 6 heteroatoms. The van der Waals surface area contributed by atoms with Crippen molar-refractivity contribution in [2.75, 3.05) is 26.3 Å². The molecule has 100 valence electrons. The summed E-state index contributed by atoms with van der Waals surface area (Å²) in [6, 6.07) is 0. The first-order valence-corrected chi connectivity index (χ1v) is 6.61. The summed E-state index contributed by atoms with van der Waals surface area (Å²) in [6.45, 7) is 5.92. The van der Waals surface area contributed by atoms with Gasteiger partial charge in [0.2, 0.25) is 5.89 Å². The molecule has 0 unspecified atom stereocenters. The van der Waals surface area contributed by atoms with Crippen molar-refractivity contribution in [3.05, 3.63) is 11.7 Å². The third-order valence-electron chi connectivity index (χ3n) is 3.50. The van der Waals surface area contributed by atoms with E-state index in [2.05, 4.69) is 15.0 Å². The molecule has 2 aliphatic rings. The summed E-state index contributed by atoms with van der Waals surface area (Å²) in [5.74, 6) is 1.07. The van der Waals surface area contributed by atoms with E-state index in [4.69, 9.17) is 14.0 Å². The molecule has 0 aliphatic carbocycles. The van der Waals surface area contributed by atoms with Crippen LogP contribution in [0.2, 0.25) is 0 Å². The molecule has 3 rings (SSSR count). The standard InChI is InChI=1S/C12H19N3O3/c1-2-10-13-11(18-14-10)8-15-5-3-4-12(9-15)16-6-7-17-12/h2-9H2,1H3. The fourth-order valence-electron chi connectivity index (χ4n) is 2.63. The molecule has 0 saturated carbocycles. The van der Waals surface area contributed by atoms with Crippen LogP contribution < -0.4 is 0 Å². The molecule has 0 radical (unpaired) electrons. The highest BCUT2D eigenvalue weighted by Gasteiger charge is 2.40. The Morgan fingerprint density at radius 1 is 1.33 bits per heavy atom. The molecule has 6 nitrogen and oxygen atoms in total. The average molecular weight is 253 g/mol. The lowest BCUT2D eigenvalue weighted by atomic mass is 10.0. The highest BCUT2D eigenvalue weighted by molar-refractivity contribution is 4.89. The van der Waals surface area contributed by atoms with E-state index in [9.17, 15) is 0 Å². The molecule has 1 spiro atoms. The summed E-state index contributed by atoms with van der Waals surface area (Å²) in [6.07, 6.45) is 2.86. The van der Waals surface area contributed by atoms with Gasteiger partial charge >= 0.3 is 0 Å². The highest BCUT2D eigenvalue weighted by atomic mass is 16.7. The maximum absolute atomic E-state index is 5.75. The van der Waals surface area contributed by atoms with Gasteiger partial charge in [-0.2, -0.15) is 4.98 Å². The summed E-state index contributed by atoms with van der Waals surface area (Å²) < 4.78 is 16.7. The minimum absolute atomic E-state index is 0.383. The predicted molar refractivity (Wildman–Crippen MR) is 62.8 cm³/mol. The molecule has 1 aromatic heterocycles. The van der Waals surface area contributed by atoms with Crippen LogP contribution in [0.1, 0.15) is 31.5 Å². The van der Waals surface area contributed by atoms with Crippen molar-refractivity contribution in [3.63, 3.8) is 0 Å². The van der Waals surface area contributed by atoms with Crippen LogP contribution in [-0.4, -0.2) is 47.1 Å². The van der Waals surface area contributed by atoms with Crippen molar-refractivity contribution in [2.45, 2.75) is 38.5 Å². The molecule has 0 N–H and O–H groups in total. The quantitative estimate of drug-likeness (QED) is 0.800. The van der Waals surface area contributed by atoms with E-state index in [0.717, 1.165) is 38.2 Å². The first-order valence-electron chi connectivity index (χ1n) is 6.61. The van der Waals surface area contributed by atoms with Crippen molar-refractivity contribution in [1.82, 2.24) is 15.0 Å². The van der Waals surface area contributed by atoms with Crippen molar-refractivity contribution in [2.24, 2.45) is 0 Å². The summed E-state index contributed by atoms with van der Waals surface area (Å²) in [5.41, 5.74) is 0. The van der Waals surface area contributed by atoms with Crippen LogP contribution in [0.3, 0.4) is 0 Å². The second kappa shape index (κ2) is 4.95. The number of hydrogen-bond donors (Lipinski definition) is 0. The van der Waals surface area contributed by atoms with Crippen molar-refractivity contribution in [3.8, 4) is 0 Å². The molecule has 18 heavy (non-hydrogen) atoms. The molecule has 2 saturated heterocycles. The van der Waals surface area contributed by atoms with Crippen molar-refractivity contribution in [1.29, 1.82) is 0 Å². The fourth-order valence-corrected chi connectivity index (χ4v) is 2.63. The molecule has 0 amide bonds. The molecule has 0 bridgehead atoms. The fraction of sp³-hybridized carbons (Fsp3) is 0.833.